The highest BCUT2D eigenvalue weighted by Crippen LogP contribution is 2.25. The van der Waals surface area contributed by atoms with Crippen LogP contribution in [0, 0.1) is 0 Å². The first-order chi connectivity index (χ1) is 9.88. The predicted molar refractivity (Wildman–Crippen MR) is 79.8 cm³/mol. The second-order valence-electron chi connectivity index (χ2n) is 4.27. The van der Waals surface area contributed by atoms with Gasteiger partial charge in [0, 0.05) is 44.7 Å². The first-order valence-corrected chi connectivity index (χ1v) is 7.52. The van der Waals surface area contributed by atoms with E-state index in [1.165, 1.54) is 6.20 Å². The lowest BCUT2D eigenvalue weighted by Crippen LogP contribution is -2.38. The topological polar surface area (TPSA) is 119 Å². The second-order valence-corrected chi connectivity index (χ2v) is 5.69. The van der Waals surface area contributed by atoms with E-state index < -0.39 is 10.2 Å². The summed E-state index contributed by atoms with van der Waals surface area (Å²) in [6, 6.07) is 1.65. The van der Waals surface area contributed by atoms with Crippen molar-refractivity contribution in [2.75, 3.05) is 14.1 Å². The Labute approximate surface area is 122 Å². The molecule has 0 aromatic carbocycles. The molecule has 0 spiro atoms. The quantitative estimate of drug-likeness (QED) is 0.382. The summed E-state index contributed by atoms with van der Waals surface area (Å²) in [4.78, 5) is 4.06. The van der Waals surface area contributed by atoms with Gasteiger partial charge in [-0.2, -0.15) is 13.5 Å². The van der Waals surface area contributed by atoms with Crippen LogP contribution in [0.15, 0.2) is 29.6 Å². The van der Waals surface area contributed by atoms with E-state index in [0.29, 0.717) is 17.1 Å². The van der Waals surface area contributed by atoms with Gasteiger partial charge in [-0.05, 0) is 6.07 Å². The minimum atomic E-state index is -3.95. The molecule has 0 saturated heterocycles. The third kappa shape index (κ3) is 2.96. The highest BCUT2D eigenvalue weighted by Gasteiger charge is 2.22. The first kappa shape index (κ1) is 15.2. The Morgan fingerprint density at radius 2 is 2.19 bits per heavy atom. The van der Waals surface area contributed by atoms with Gasteiger partial charge in [-0.15, -0.1) is 0 Å². The van der Waals surface area contributed by atoms with Crippen LogP contribution in [0.25, 0.3) is 11.1 Å². The fraction of sp³-hybridized carbons (Fsp3) is 0.273. The summed E-state index contributed by atoms with van der Waals surface area (Å²) in [5.41, 5.74) is 7.26. The van der Waals surface area contributed by atoms with Gasteiger partial charge in [0.05, 0.1) is 6.20 Å². The van der Waals surface area contributed by atoms with E-state index in [-0.39, 0.29) is 0 Å². The van der Waals surface area contributed by atoms with Crippen molar-refractivity contribution in [3.63, 3.8) is 0 Å². The molecule has 0 saturated carbocycles. The zero-order valence-electron chi connectivity index (χ0n) is 11.9. The molecule has 0 unspecified atom stereocenters. The number of nitrogens with zero attached hydrogens (tertiary/aromatic N) is 4. The van der Waals surface area contributed by atoms with Gasteiger partial charge in [0.2, 0.25) is 0 Å². The Bertz CT molecular complexity index is 772. The van der Waals surface area contributed by atoms with Crippen molar-refractivity contribution < 1.29 is 8.42 Å². The number of nitrogens with two attached hydrogens (primary N) is 1. The normalized spacial score (nSPS) is 12.7. The molecule has 0 aliphatic carbocycles. The molecule has 10 heteroatoms. The molecule has 0 aliphatic rings. The Morgan fingerprint density at radius 3 is 2.67 bits per heavy atom. The van der Waals surface area contributed by atoms with Gasteiger partial charge in [0.1, 0.15) is 5.69 Å². The fourth-order valence-corrected chi connectivity index (χ4v) is 2.66. The molecule has 0 atom stereocenters. The SMILES string of the molecule is CN=C(NNC)c1c(-c2cnn(C)c2)ccn1S(N)(=O)=O. The standard InChI is InChI=1S/C11H17N7O2S/c1-13-11(16-14-2)10-9(8-6-15-17(3)7-8)4-5-18(10)21(12,19)20/h4-7,14H,1-3H3,(H,13,16)(H2,12,19,20). The number of aromatic nitrogens is 3. The molecule has 2 rings (SSSR count). The number of hydrazine groups is 1. The highest BCUT2D eigenvalue weighted by atomic mass is 32.2. The number of hydrogen-bond donors (Lipinski definition) is 3. The van der Waals surface area contributed by atoms with Gasteiger partial charge in [-0.25, -0.2) is 14.5 Å². The molecule has 9 nitrogen and oxygen atoms in total. The van der Waals surface area contributed by atoms with Gasteiger partial charge >= 0.3 is 10.2 Å². The summed E-state index contributed by atoms with van der Waals surface area (Å²) >= 11 is 0. The Kier molecular flexibility index (Phi) is 4.11. The largest absolute Gasteiger partial charge is 0.305 e. The van der Waals surface area contributed by atoms with Crippen LogP contribution in [-0.2, 0) is 17.3 Å². The molecular formula is C11H17N7O2S. The minimum absolute atomic E-state index is 0.336. The molecule has 0 amide bonds. The van der Waals surface area contributed by atoms with Crippen LogP contribution in [-0.4, -0.2) is 42.1 Å². The average molecular weight is 311 g/mol. The number of amidine groups is 1. The van der Waals surface area contributed by atoms with Gasteiger partial charge in [0.15, 0.2) is 5.84 Å². The lowest BCUT2D eigenvalue weighted by Gasteiger charge is -2.12. The summed E-state index contributed by atoms with van der Waals surface area (Å²) in [7, 11) is 1.03. The molecule has 2 heterocycles. The van der Waals surface area contributed by atoms with Crippen molar-refractivity contribution in [2.45, 2.75) is 0 Å². The number of rotatable bonds is 4. The van der Waals surface area contributed by atoms with Gasteiger partial charge in [0.25, 0.3) is 0 Å². The van der Waals surface area contributed by atoms with Crippen LogP contribution in [0.2, 0.25) is 0 Å². The molecule has 0 fully saturated rings. The summed E-state index contributed by atoms with van der Waals surface area (Å²) in [5.74, 6) is 0.343. The Balaban J connectivity index is 2.70. The van der Waals surface area contributed by atoms with Crippen molar-refractivity contribution in [2.24, 2.45) is 17.2 Å². The van der Waals surface area contributed by atoms with Crippen LogP contribution in [0.1, 0.15) is 5.69 Å². The van der Waals surface area contributed by atoms with Gasteiger partial charge in [-0.1, -0.05) is 0 Å². The van der Waals surface area contributed by atoms with Crippen molar-refractivity contribution in [1.29, 1.82) is 0 Å². The van der Waals surface area contributed by atoms with Gasteiger partial charge in [-0.3, -0.25) is 9.67 Å². The fourth-order valence-electron chi connectivity index (χ4n) is 1.99. The van der Waals surface area contributed by atoms with Crippen molar-refractivity contribution in [3.05, 3.63) is 30.4 Å². The van der Waals surface area contributed by atoms with Crippen LogP contribution in [0.4, 0.5) is 0 Å². The number of aryl methyl sites for hydroxylation is 1. The molecule has 0 aliphatic heterocycles. The third-order valence-corrected chi connectivity index (χ3v) is 3.69. The number of hydrogen-bond acceptors (Lipinski definition) is 5. The summed E-state index contributed by atoms with van der Waals surface area (Å²) in [6.07, 6.45) is 4.80. The van der Waals surface area contributed by atoms with E-state index in [1.54, 1.807) is 44.3 Å². The molecule has 2 aromatic rings. The Morgan fingerprint density at radius 1 is 1.48 bits per heavy atom. The predicted octanol–water partition coefficient (Wildman–Crippen LogP) is -0.959. The monoisotopic (exact) mass is 311 g/mol. The van der Waals surface area contributed by atoms with E-state index >= 15 is 0 Å². The highest BCUT2D eigenvalue weighted by molar-refractivity contribution is 7.87. The molecule has 21 heavy (non-hydrogen) atoms. The molecule has 114 valence electrons. The maximum Gasteiger partial charge on any atom is 0.303 e. The van der Waals surface area contributed by atoms with Crippen LogP contribution in [0.3, 0.4) is 0 Å². The molecule has 2 aromatic heterocycles. The molecule has 0 bridgehead atoms. The van der Waals surface area contributed by atoms with Crippen LogP contribution >= 0.6 is 0 Å². The Hall–Kier alpha value is -2.17. The lowest BCUT2D eigenvalue weighted by molar-refractivity contribution is 0.588. The molecular weight excluding hydrogens is 294 g/mol. The first-order valence-electron chi connectivity index (χ1n) is 6.02. The van der Waals surface area contributed by atoms with E-state index in [0.717, 1.165) is 9.54 Å². The third-order valence-electron chi connectivity index (χ3n) is 2.83. The summed E-state index contributed by atoms with van der Waals surface area (Å²) in [5, 5.41) is 9.34. The number of aliphatic imine (C=N–C) groups is 1. The maximum atomic E-state index is 11.7. The molecule has 0 radical (unpaired) electrons. The van der Waals surface area contributed by atoms with Crippen molar-refractivity contribution >= 4 is 16.0 Å². The van der Waals surface area contributed by atoms with E-state index in [9.17, 15) is 8.42 Å². The van der Waals surface area contributed by atoms with E-state index in [2.05, 4.69) is 20.9 Å². The number of nitrogens with one attached hydrogen (secondary N) is 2. The van der Waals surface area contributed by atoms with E-state index in [4.69, 9.17) is 5.14 Å². The van der Waals surface area contributed by atoms with E-state index in [1.807, 2.05) is 0 Å². The van der Waals surface area contributed by atoms with Gasteiger partial charge < -0.3 is 5.43 Å². The smallest absolute Gasteiger partial charge is 0.303 e. The maximum absolute atomic E-state index is 11.7. The minimum Gasteiger partial charge on any atom is -0.305 e. The average Bonchev–Trinajstić information content (AvgIpc) is 3.01. The molecule has 4 N–H and O–H groups in total. The lowest BCUT2D eigenvalue weighted by atomic mass is 10.1. The zero-order chi connectivity index (χ0) is 15.6. The summed E-state index contributed by atoms with van der Waals surface area (Å²) in [6.45, 7) is 0. The second kappa shape index (κ2) is 5.68. The van der Waals surface area contributed by atoms with Crippen LogP contribution in [0.5, 0.6) is 0 Å². The van der Waals surface area contributed by atoms with Crippen molar-refractivity contribution in [3.8, 4) is 11.1 Å². The zero-order valence-corrected chi connectivity index (χ0v) is 12.7. The van der Waals surface area contributed by atoms with Crippen molar-refractivity contribution in [1.82, 2.24) is 24.6 Å². The van der Waals surface area contributed by atoms with Crippen LogP contribution < -0.4 is 16.0 Å². The summed E-state index contributed by atoms with van der Waals surface area (Å²) < 4.78 is 26.1.